The molecule has 1 heterocycles. The molecule has 0 saturated heterocycles. The van der Waals surface area contributed by atoms with Gasteiger partial charge in [0.05, 0.1) is 5.69 Å². The van der Waals surface area contributed by atoms with Crippen molar-refractivity contribution in [2.24, 2.45) is 0 Å². The normalized spacial score (nSPS) is 10.8. The molecule has 3 nitrogen and oxygen atoms in total. The van der Waals surface area contributed by atoms with Crippen molar-refractivity contribution in [2.45, 2.75) is 0 Å². The highest BCUT2D eigenvalue weighted by atomic mass is 35.5. The number of fused-ring (bicyclic) bond motifs is 1. The Balaban J connectivity index is 1.86. The van der Waals surface area contributed by atoms with E-state index in [2.05, 4.69) is 5.32 Å². The number of anilines is 2. The van der Waals surface area contributed by atoms with Crippen LogP contribution in [0.25, 0.3) is 22.1 Å². The molecule has 0 unspecified atom stereocenters. The molecule has 122 valence electrons. The molecule has 25 heavy (non-hydrogen) atoms. The molecule has 0 radical (unpaired) electrons. The molecular weight excluding hydrogens is 334 g/mol. The molecule has 0 aliphatic rings. The lowest BCUT2D eigenvalue weighted by atomic mass is 10.0. The fraction of sp³-hybridized carbons (Fsp3) is 0. The van der Waals surface area contributed by atoms with Gasteiger partial charge in [0, 0.05) is 22.2 Å². The summed E-state index contributed by atoms with van der Waals surface area (Å²) >= 11 is 6.05. The van der Waals surface area contributed by atoms with Crippen LogP contribution in [0.4, 0.5) is 11.4 Å². The Morgan fingerprint density at radius 3 is 2.44 bits per heavy atom. The predicted molar refractivity (Wildman–Crippen MR) is 103 cm³/mol. The quantitative estimate of drug-likeness (QED) is 0.472. The van der Waals surface area contributed by atoms with Crippen molar-refractivity contribution < 1.29 is 4.42 Å². The van der Waals surface area contributed by atoms with E-state index in [9.17, 15) is 4.79 Å². The lowest BCUT2D eigenvalue weighted by Crippen LogP contribution is -2.01. The minimum atomic E-state index is -0.399. The third kappa shape index (κ3) is 3.28. The molecular formula is C21H14ClNO2. The van der Waals surface area contributed by atoms with E-state index in [0.29, 0.717) is 16.3 Å². The van der Waals surface area contributed by atoms with E-state index >= 15 is 0 Å². The maximum atomic E-state index is 11.9. The van der Waals surface area contributed by atoms with E-state index in [1.54, 1.807) is 6.07 Å². The Kier molecular flexibility index (Phi) is 4.00. The molecule has 0 saturated carbocycles. The molecule has 0 aliphatic carbocycles. The van der Waals surface area contributed by atoms with Gasteiger partial charge >= 0.3 is 5.63 Å². The van der Waals surface area contributed by atoms with Crippen molar-refractivity contribution in [2.75, 3.05) is 5.32 Å². The van der Waals surface area contributed by atoms with E-state index in [1.807, 2.05) is 66.7 Å². The van der Waals surface area contributed by atoms with Crippen molar-refractivity contribution in [3.8, 4) is 11.1 Å². The van der Waals surface area contributed by atoms with Crippen molar-refractivity contribution in [1.82, 2.24) is 0 Å². The molecule has 0 amide bonds. The lowest BCUT2D eigenvalue weighted by molar-refractivity contribution is 0.561. The summed E-state index contributed by atoms with van der Waals surface area (Å²) in [5.74, 6) is 0. The summed E-state index contributed by atoms with van der Waals surface area (Å²) in [6.07, 6.45) is 0. The van der Waals surface area contributed by atoms with E-state index < -0.39 is 5.63 Å². The topological polar surface area (TPSA) is 42.2 Å². The van der Waals surface area contributed by atoms with Crippen LogP contribution in [0, 0.1) is 0 Å². The van der Waals surface area contributed by atoms with E-state index in [-0.39, 0.29) is 0 Å². The van der Waals surface area contributed by atoms with Gasteiger partial charge in [0.15, 0.2) is 0 Å². The Morgan fingerprint density at radius 1 is 0.800 bits per heavy atom. The van der Waals surface area contributed by atoms with Crippen LogP contribution in [0.3, 0.4) is 0 Å². The fourth-order valence-electron chi connectivity index (χ4n) is 2.80. The van der Waals surface area contributed by atoms with Gasteiger partial charge in [0.25, 0.3) is 0 Å². The third-order valence-electron chi connectivity index (χ3n) is 3.95. The molecule has 4 heteroatoms. The zero-order valence-electron chi connectivity index (χ0n) is 13.2. The van der Waals surface area contributed by atoms with Gasteiger partial charge in [0.1, 0.15) is 5.58 Å². The van der Waals surface area contributed by atoms with Gasteiger partial charge in [-0.2, -0.15) is 0 Å². The highest BCUT2D eigenvalue weighted by Crippen LogP contribution is 2.30. The zero-order chi connectivity index (χ0) is 17.2. The molecule has 0 bridgehead atoms. The van der Waals surface area contributed by atoms with Crippen LogP contribution >= 0.6 is 11.6 Å². The van der Waals surface area contributed by atoms with Crippen molar-refractivity contribution >= 4 is 33.9 Å². The van der Waals surface area contributed by atoms with E-state index in [4.69, 9.17) is 16.0 Å². The number of nitrogens with one attached hydrogen (secondary N) is 1. The second kappa shape index (κ2) is 6.46. The summed E-state index contributed by atoms with van der Waals surface area (Å²) < 4.78 is 5.33. The number of hydrogen-bond donors (Lipinski definition) is 1. The Morgan fingerprint density at radius 2 is 1.64 bits per heavy atom. The summed E-state index contributed by atoms with van der Waals surface area (Å²) in [6, 6.07) is 24.7. The first-order chi connectivity index (χ1) is 12.2. The van der Waals surface area contributed by atoms with Crippen LogP contribution in [0.15, 0.2) is 88.1 Å². The molecule has 0 spiro atoms. The summed E-state index contributed by atoms with van der Waals surface area (Å²) in [7, 11) is 0. The third-order valence-corrected chi connectivity index (χ3v) is 4.19. The first kappa shape index (κ1) is 15.5. The zero-order valence-corrected chi connectivity index (χ0v) is 14.0. The second-order valence-corrected chi connectivity index (χ2v) is 6.13. The molecule has 0 atom stereocenters. The average molecular weight is 348 g/mol. The maximum Gasteiger partial charge on any atom is 0.338 e. The van der Waals surface area contributed by atoms with Crippen LogP contribution in [0.5, 0.6) is 0 Å². The summed E-state index contributed by atoms with van der Waals surface area (Å²) in [5, 5.41) is 4.72. The summed E-state index contributed by atoms with van der Waals surface area (Å²) in [4.78, 5) is 11.9. The van der Waals surface area contributed by atoms with E-state index in [0.717, 1.165) is 22.2 Å². The van der Waals surface area contributed by atoms with Crippen molar-refractivity contribution in [1.29, 1.82) is 0 Å². The molecule has 3 aromatic carbocycles. The summed E-state index contributed by atoms with van der Waals surface area (Å²) in [6.45, 7) is 0. The predicted octanol–water partition coefficient (Wildman–Crippen LogP) is 5.86. The first-order valence-corrected chi connectivity index (χ1v) is 8.23. The first-order valence-electron chi connectivity index (χ1n) is 7.85. The molecule has 0 fully saturated rings. The number of halogens is 1. The number of hydrogen-bond acceptors (Lipinski definition) is 3. The van der Waals surface area contributed by atoms with Crippen molar-refractivity contribution in [3.05, 3.63) is 94.3 Å². The van der Waals surface area contributed by atoms with E-state index in [1.165, 1.54) is 6.07 Å². The highest BCUT2D eigenvalue weighted by molar-refractivity contribution is 6.30. The van der Waals surface area contributed by atoms with Gasteiger partial charge in [-0.25, -0.2) is 4.79 Å². The number of benzene rings is 3. The SMILES string of the molecule is O=c1cc(Nc2cccc(Cl)c2)c2cc(-c3ccccc3)ccc2o1. The van der Waals surface area contributed by atoms with Crippen LogP contribution in [0.2, 0.25) is 5.02 Å². The Labute approximate surface area is 149 Å². The van der Waals surface area contributed by atoms with Gasteiger partial charge in [0.2, 0.25) is 0 Å². The van der Waals surface area contributed by atoms with Crippen LogP contribution in [0.1, 0.15) is 0 Å². The molecule has 0 aliphatic heterocycles. The largest absolute Gasteiger partial charge is 0.423 e. The maximum absolute atomic E-state index is 11.9. The van der Waals surface area contributed by atoms with Gasteiger partial charge in [-0.15, -0.1) is 0 Å². The van der Waals surface area contributed by atoms with Gasteiger partial charge in [-0.3, -0.25) is 0 Å². The fourth-order valence-corrected chi connectivity index (χ4v) is 2.99. The Bertz CT molecular complexity index is 1100. The van der Waals surface area contributed by atoms with Crippen LogP contribution in [-0.2, 0) is 0 Å². The minimum Gasteiger partial charge on any atom is -0.423 e. The Hall–Kier alpha value is -3.04. The second-order valence-electron chi connectivity index (χ2n) is 5.69. The monoisotopic (exact) mass is 347 g/mol. The molecule has 4 aromatic rings. The average Bonchev–Trinajstić information content (AvgIpc) is 2.62. The van der Waals surface area contributed by atoms with Crippen molar-refractivity contribution in [3.63, 3.8) is 0 Å². The number of rotatable bonds is 3. The lowest BCUT2D eigenvalue weighted by Gasteiger charge is -2.10. The van der Waals surface area contributed by atoms with Crippen LogP contribution < -0.4 is 10.9 Å². The van der Waals surface area contributed by atoms with Crippen LogP contribution in [-0.4, -0.2) is 0 Å². The molecule has 4 rings (SSSR count). The van der Waals surface area contributed by atoms with Gasteiger partial charge < -0.3 is 9.73 Å². The highest BCUT2D eigenvalue weighted by Gasteiger charge is 2.08. The minimum absolute atomic E-state index is 0.399. The molecule has 1 N–H and O–H groups in total. The smallest absolute Gasteiger partial charge is 0.338 e. The van der Waals surface area contributed by atoms with Gasteiger partial charge in [-0.05, 0) is 41.5 Å². The summed E-state index contributed by atoms with van der Waals surface area (Å²) in [5.41, 5.74) is 3.79. The van der Waals surface area contributed by atoms with Gasteiger partial charge in [-0.1, -0.05) is 54.1 Å². The molecule has 1 aromatic heterocycles. The standard InChI is InChI=1S/C21H14ClNO2/c22-16-7-4-8-17(12-16)23-19-13-21(24)25-20-10-9-15(11-18(19)20)14-5-2-1-3-6-14/h1-13,23H.